The Morgan fingerprint density at radius 3 is 1.94 bits per heavy atom. The molecule has 8 aliphatic rings. The van der Waals surface area contributed by atoms with E-state index in [0.29, 0.717) is 118 Å². The zero-order chi connectivity index (χ0) is 86.5. The number of aliphatic hydroxyl groups excluding tert-OH is 4. The molecule has 3 saturated heterocycles. The Morgan fingerprint density at radius 1 is 0.683 bits per heavy atom. The molecule has 2 bridgehead atoms. The summed E-state index contributed by atoms with van der Waals surface area (Å²) >= 11 is 0. The normalized spacial score (nSPS) is 27.8. The van der Waals surface area contributed by atoms with Crippen LogP contribution in [-0.4, -0.2) is 298 Å². The molecule has 2 aromatic carbocycles. The molecule has 4 aromatic rings. The van der Waals surface area contributed by atoms with Crippen LogP contribution < -0.4 is 52.6 Å². The number of anilines is 1. The number of likely N-dealkylation sites (tertiary alicyclic amines) is 1. The molecule has 36 nitrogen and oxygen atoms in total. The number of amides is 9. The number of aromatic nitrogens is 2. The van der Waals surface area contributed by atoms with Gasteiger partial charge in [0.1, 0.15) is 59.5 Å². The van der Waals surface area contributed by atoms with Crippen LogP contribution in [0.4, 0.5) is 5.69 Å². The minimum atomic E-state index is -2.74. The average molecular weight is 1670 g/mol. The first-order chi connectivity index (χ1) is 57.4. The van der Waals surface area contributed by atoms with E-state index in [4.69, 9.17) is 24.7 Å². The molecule has 9 amide bonds. The average Bonchev–Trinajstić information content (AvgIpc) is 1.47. The first-order valence-electron chi connectivity index (χ1n) is 41.5. The van der Waals surface area contributed by atoms with Gasteiger partial charge >= 0.3 is 17.9 Å². The van der Waals surface area contributed by atoms with Crippen molar-refractivity contribution in [1.82, 2.24) is 61.9 Å². The lowest BCUT2D eigenvalue weighted by atomic mass is 9.47. The molecule has 2 saturated carbocycles. The smallest absolute Gasteiger partial charge is 0.344 e. The summed E-state index contributed by atoms with van der Waals surface area (Å²) in [7, 11) is 5.73. The fourth-order valence-electron chi connectivity index (χ4n) is 21.0. The predicted molar refractivity (Wildman–Crippen MR) is 430 cm³/mol. The van der Waals surface area contributed by atoms with E-state index >= 15 is 14.4 Å². The molecule has 0 radical (unpaired) electrons. The molecular weight excluding hydrogens is 1560 g/mol. The van der Waals surface area contributed by atoms with Crippen LogP contribution in [0.2, 0.25) is 0 Å². The summed E-state index contributed by atoms with van der Waals surface area (Å²) in [6.45, 7) is 3.00. The first-order valence-corrected chi connectivity index (χ1v) is 41.5. The van der Waals surface area contributed by atoms with Gasteiger partial charge < -0.3 is 107 Å². The minimum absolute atomic E-state index is 0.0375. The van der Waals surface area contributed by atoms with Gasteiger partial charge in [0.05, 0.1) is 59.4 Å². The van der Waals surface area contributed by atoms with Gasteiger partial charge in [0.15, 0.2) is 6.10 Å². The third kappa shape index (κ3) is 16.8. The number of ether oxygens (including phenoxy) is 4. The highest BCUT2D eigenvalue weighted by Gasteiger charge is 2.81. The maximum absolute atomic E-state index is 15.8. The summed E-state index contributed by atoms with van der Waals surface area (Å²) in [5.41, 5.74) is 1.99. The Hall–Kier alpha value is -10.2. The van der Waals surface area contributed by atoms with E-state index < -0.39 is 210 Å². The molecular formula is C84H114N14O22. The van der Waals surface area contributed by atoms with Crippen molar-refractivity contribution in [2.75, 3.05) is 99.0 Å². The number of piperidine rings is 1. The maximum Gasteiger partial charge on any atom is 0.344 e. The number of hydrogen-bond acceptors (Lipinski definition) is 26. The summed E-state index contributed by atoms with van der Waals surface area (Å²) in [6, 6.07) is -0.294. The van der Waals surface area contributed by atoms with E-state index in [1.165, 1.54) is 33.5 Å². The van der Waals surface area contributed by atoms with Crippen molar-refractivity contribution in [1.29, 1.82) is 0 Å². The van der Waals surface area contributed by atoms with Crippen molar-refractivity contribution in [3.05, 3.63) is 101 Å². The third-order valence-corrected chi connectivity index (χ3v) is 26.5. The van der Waals surface area contributed by atoms with Crippen molar-refractivity contribution >= 4 is 87.7 Å². The number of hydrogen-bond donors (Lipinski definition) is 15. The van der Waals surface area contributed by atoms with Crippen LogP contribution in [-0.2, 0) is 95.4 Å². The first kappa shape index (κ1) is 89.1. The monoisotopic (exact) mass is 1670 g/mol. The Labute approximate surface area is 694 Å². The number of para-hydroxylation sites is 1. The molecule has 5 fully saturated rings. The van der Waals surface area contributed by atoms with Gasteiger partial charge in [0, 0.05) is 123 Å². The summed E-state index contributed by atoms with van der Waals surface area (Å²) in [4.78, 5) is 186. The second kappa shape index (κ2) is 37.0. The summed E-state index contributed by atoms with van der Waals surface area (Å²) in [6.07, 6.45) is 8.78. The Bertz CT molecular complexity index is 4560. The molecule has 8 heterocycles. The number of benzene rings is 2. The van der Waals surface area contributed by atoms with Crippen molar-refractivity contribution in [2.45, 2.75) is 212 Å². The number of primary amides is 1. The van der Waals surface area contributed by atoms with Crippen LogP contribution >= 0.6 is 0 Å². The topological polar surface area (TPSA) is 515 Å². The lowest BCUT2D eigenvalue weighted by Gasteiger charge is -2.63. The van der Waals surface area contributed by atoms with Gasteiger partial charge in [-0.05, 0) is 124 Å². The number of methoxy groups -OCH3 is 3. The summed E-state index contributed by atoms with van der Waals surface area (Å²) in [5.74, 6) is -12.4. The molecule has 16 N–H and O–H groups in total. The highest BCUT2D eigenvalue weighted by atomic mass is 16.6. The Morgan fingerprint density at radius 2 is 1.32 bits per heavy atom. The van der Waals surface area contributed by atoms with Crippen molar-refractivity contribution in [2.24, 2.45) is 23.0 Å². The number of esters is 3. The van der Waals surface area contributed by atoms with Gasteiger partial charge in [0.2, 0.25) is 58.8 Å². The fraction of sp³-hybridized carbons (Fsp3) is 0.607. The standard InChI is InChI=1S/C84H114N14O22/c1-8-80(115)37-48-38-83(78(113)118-6,66-51(26-32-96(40-48)45-80)50-21-13-14-22-54(50)88-66)53-35-52-62(36-63(53)117-5)95(4)76-82(52)28-33-97-30-17-27-81(9-2,75(82)97)77(84(76,116)79(114)119-7)120-74(112)61-23-16-31-98(61)73(111)60(44-102)93-70(108)58(42-100)90-67(105)55(24-25-64(85)104)89-72(110)65(49-19-11-10-12-20-49)94-71(109)59(43-101)92-69(107)57(41-99)91-68(106)56(87-46(3)103)34-47-18-15-29-86-39-47/h13-15,17-18,21-22,27,29,35-36,39,48-49,55-61,65,75-77,88,99-102,115-116H,8-12,16,19-20,23-26,28,30-34,37-38,40-45H2,1-7H3,(H2,85,104)(H,87,103)(H,89,110)(H,90,105)(H,91,106)(H,92,107)(H,93,108)(H,94,109)/t48?,55-,56?,57-,58-,59-,60-,61?,65?,75?,76?,77+,80-,81+,82?,83-,84-/m0/s1. The van der Waals surface area contributed by atoms with Gasteiger partial charge in [-0.3, -0.25) is 62.7 Å². The molecule has 8 unspecified atom stereocenters. The van der Waals surface area contributed by atoms with Gasteiger partial charge in [-0.2, -0.15) is 0 Å². The van der Waals surface area contributed by atoms with E-state index in [9.17, 15) is 73.8 Å². The largest absolute Gasteiger partial charge is 0.496 e. The number of aliphatic hydroxyl groups is 6. The van der Waals surface area contributed by atoms with Crippen molar-refractivity contribution < 1.29 is 107 Å². The van der Waals surface area contributed by atoms with E-state index in [1.807, 2.05) is 62.4 Å². The quantitative estimate of drug-likeness (QED) is 0.0140. The number of nitrogens with zero attached hydrogens (tertiary/aromatic N) is 5. The predicted octanol–water partition coefficient (Wildman–Crippen LogP) is -2.17. The number of carbonyl (C=O) groups is 12. The zero-order valence-electron chi connectivity index (χ0n) is 68.8. The number of aromatic amines is 1. The van der Waals surface area contributed by atoms with Gasteiger partial charge in [-0.1, -0.05) is 69.5 Å². The van der Waals surface area contributed by atoms with E-state index in [2.05, 4.69) is 57.0 Å². The number of carbonyl (C=O) groups excluding carboxylic acids is 12. The van der Waals surface area contributed by atoms with Crippen LogP contribution in [0.25, 0.3) is 10.9 Å². The second-order valence-electron chi connectivity index (χ2n) is 33.5. The van der Waals surface area contributed by atoms with Crippen LogP contribution in [0.3, 0.4) is 0 Å². The molecule has 2 aliphatic carbocycles. The molecule has 6 aliphatic heterocycles. The summed E-state index contributed by atoms with van der Waals surface area (Å²) < 4.78 is 25.0. The maximum atomic E-state index is 15.8. The highest BCUT2D eigenvalue weighted by molar-refractivity contribution is 6.00. The minimum Gasteiger partial charge on any atom is -0.496 e. The van der Waals surface area contributed by atoms with Gasteiger partial charge in [-0.25, -0.2) is 9.59 Å². The molecule has 120 heavy (non-hydrogen) atoms. The molecule has 2 aromatic heterocycles. The summed E-state index contributed by atoms with van der Waals surface area (Å²) in [5, 5.41) is 86.8. The Kier molecular flexibility index (Phi) is 27.5. The molecule has 652 valence electrons. The highest BCUT2D eigenvalue weighted by Crippen LogP contribution is 2.68. The lowest BCUT2D eigenvalue weighted by Crippen LogP contribution is -2.81. The number of fused-ring (bicyclic) bond motifs is 6. The van der Waals surface area contributed by atoms with Crippen molar-refractivity contribution in [3.63, 3.8) is 0 Å². The number of rotatable bonds is 32. The van der Waals surface area contributed by atoms with Crippen LogP contribution in [0.1, 0.15) is 139 Å². The number of nitrogens with one attached hydrogen (secondary N) is 8. The van der Waals surface area contributed by atoms with E-state index in [0.717, 1.165) is 34.9 Å². The van der Waals surface area contributed by atoms with Crippen LogP contribution in [0.5, 0.6) is 5.75 Å². The number of nitrogens with two attached hydrogens (primary N) is 1. The molecule has 12 rings (SSSR count). The van der Waals surface area contributed by atoms with Crippen LogP contribution in [0, 0.1) is 17.3 Å². The molecule has 36 heteroatoms. The molecule has 1 spiro atoms. The number of likely N-dealkylation sites (N-methyl/N-ethyl adjacent to an activating group) is 1. The van der Waals surface area contributed by atoms with E-state index in [-0.39, 0.29) is 44.6 Å². The van der Waals surface area contributed by atoms with Gasteiger partial charge in [-0.15, -0.1) is 0 Å². The number of H-pyrrole nitrogens is 1. The fourth-order valence-corrected chi connectivity index (χ4v) is 21.0. The van der Waals surface area contributed by atoms with Gasteiger partial charge in [0.25, 0.3) is 0 Å². The number of pyridine rings is 1. The lowest BCUT2D eigenvalue weighted by molar-refractivity contribution is -0.231. The zero-order valence-corrected chi connectivity index (χ0v) is 68.8. The Balaban J connectivity index is 0.776. The second-order valence-corrected chi connectivity index (χ2v) is 33.5. The van der Waals surface area contributed by atoms with Crippen molar-refractivity contribution in [3.8, 4) is 5.75 Å². The van der Waals surface area contributed by atoms with E-state index in [1.54, 1.807) is 24.1 Å². The SMILES string of the molecule is CC[C@]1(O)CC2CN(CCc3c([nH]c4ccccc34)[C@@](C(=O)OC)(c3cc4c(cc3OC)N(C)C3C45CCN4CC=C[C@](CC)(C45)[C@@H](OC(=O)C4CCCN4C(=O)[C@H](CO)NC(=O)[C@H](CO)NC(=O)[C@H](CCC(N)=O)NC(=O)C(NC(=O)[C@H](CO)NC(=O)[C@H](CO)NC(=O)C(Cc4cccnc4)NC(C)=O)C4CCCCC4)[C@]3(O)C(=O)OC)C2)C1. The third-order valence-electron chi connectivity index (χ3n) is 26.5. The molecule has 18 atom stereocenters. The van der Waals surface area contributed by atoms with Crippen LogP contribution in [0.15, 0.2) is 73.1 Å².